The first-order valence-electron chi connectivity index (χ1n) is 7.65. The van der Waals surface area contributed by atoms with Crippen molar-refractivity contribution in [1.82, 2.24) is 13.6 Å². The van der Waals surface area contributed by atoms with Crippen LogP contribution in [-0.4, -0.2) is 36.8 Å². The third kappa shape index (κ3) is 4.11. The maximum absolute atomic E-state index is 12.0. The van der Waals surface area contributed by atoms with E-state index in [4.69, 9.17) is 0 Å². The molecule has 6 nitrogen and oxygen atoms in total. The first kappa shape index (κ1) is 17.5. The number of benzene rings is 1. The Bertz CT molecular complexity index is 796. The van der Waals surface area contributed by atoms with Crippen LogP contribution in [0.5, 0.6) is 0 Å². The average molecular weight is 337 g/mol. The summed E-state index contributed by atoms with van der Waals surface area (Å²) in [6.45, 7) is 2.26. The van der Waals surface area contributed by atoms with Crippen LogP contribution in [-0.2, 0) is 28.5 Å². The molecule has 1 heterocycles. The molecule has 0 saturated carbocycles. The molecule has 23 heavy (non-hydrogen) atoms. The molecule has 7 heteroatoms. The second-order valence-corrected chi connectivity index (χ2v) is 7.41. The lowest BCUT2D eigenvalue weighted by Crippen LogP contribution is -2.41. The topological polar surface area (TPSA) is 71.4 Å². The Morgan fingerprint density at radius 2 is 2.00 bits per heavy atom. The smallest absolute Gasteiger partial charge is 0.303 e. The number of nitrogens with one attached hydrogen (secondary N) is 1. The lowest BCUT2D eigenvalue weighted by Gasteiger charge is -2.16. The molecule has 2 rings (SSSR count). The summed E-state index contributed by atoms with van der Waals surface area (Å²) < 4.78 is 29.2. The van der Waals surface area contributed by atoms with Gasteiger partial charge in [0.25, 0.3) is 0 Å². The minimum atomic E-state index is -3.73. The predicted molar refractivity (Wildman–Crippen MR) is 91.2 cm³/mol. The Hall–Kier alpha value is -1.86. The Morgan fingerprint density at radius 3 is 2.70 bits per heavy atom. The van der Waals surface area contributed by atoms with E-state index in [0.717, 1.165) is 20.8 Å². The normalized spacial score (nSPS) is 12.0. The number of para-hydroxylation sites is 1. The van der Waals surface area contributed by atoms with E-state index in [1.807, 2.05) is 49.0 Å². The molecule has 0 aliphatic rings. The van der Waals surface area contributed by atoms with E-state index in [0.29, 0.717) is 19.4 Å². The van der Waals surface area contributed by atoms with Gasteiger partial charge in [0, 0.05) is 44.2 Å². The standard InChI is InChI=1S/C16H23N3O3S/c1-4-11-19(3)23(21,22)17-16(20)10-9-13-12-18(2)15-8-6-5-7-14(13)15/h5-8,12H,4,9-11H2,1-3H3,(H,17,20). The number of fused-ring (bicyclic) bond motifs is 1. The van der Waals surface area contributed by atoms with Crippen LogP contribution in [0.4, 0.5) is 0 Å². The Labute approximate surface area is 137 Å². The fourth-order valence-electron chi connectivity index (χ4n) is 2.58. The molecule has 0 aliphatic carbocycles. The zero-order valence-corrected chi connectivity index (χ0v) is 14.6. The highest BCUT2D eigenvalue weighted by Gasteiger charge is 2.19. The number of carbonyl (C=O) groups is 1. The predicted octanol–water partition coefficient (Wildman–Crippen LogP) is 1.81. The first-order chi connectivity index (χ1) is 10.8. The van der Waals surface area contributed by atoms with Crippen LogP contribution < -0.4 is 4.72 Å². The number of nitrogens with zero attached hydrogens (tertiary/aromatic N) is 2. The van der Waals surface area contributed by atoms with E-state index in [1.54, 1.807) is 0 Å². The van der Waals surface area contributed by atoms with E-state index in [2.05, 4.69) is 4.72 Å². The number of aryl methyl sites for hydroxylation is 2. The molecule has 0 saturated heterocycles. The quantitative estimate of drug-likeness (QED) is 0.837. The summed E-state index contributed by atoms with van der Waals surface area (Å²) >= 11 is 0. The van der Waals surface area contributed by atoms with Crippen molar-refractivity contribution < 1.29 is 13.2 Å². The van der Waals surface area contributed by atoms with Gasteiger partial charge < -0.3 is 4.57 Å². The van der Waals surface area contributed by atoms with Gasteiger partial charge in [0.15, 0.2) is 0 Å². The summed E-state index contributed by atoms with van der Waals surface area (Å²) in [6.07, 6.45) is 3.31. The third-order valence-electron chi connectivity index (χ3n) is 3.79. The van der Waals surface area contributed by atoms with Gasteiger partial charge in [-0.2, -0.15) is 12.7 Å². The molecule has 0 fully saturated rings. The van der Waals surface area contributed by atoms with Gasteiger partial charge in [-0.05, 0) is 24.5 Å². The number of hydrogen-bond acceptors (Lipinski definition) is 3. The Kier molecular flexibility index (Phi) is 5.43. The SMILES string of the molecule is CCCN(C)S(=O)(=O)NC(=O)CCc1cn(C)c2ccccc12. The molecular weight excluding hydrogens is 314 g/mol. The highest BCUT2D eigenvalue weighted by Crippen LogP contribution is 2.21. The van der Waals surface area contributed by atoms with Gasteiger partial charge in [-0.15, -0.1) is 0 Å². The van der Waals surface area contributed by atoms with E-state index in [-0.39, 0.29) is 6.42 Å². The fourth-order valence-corrected chi connectivity index (χ4v) is 3.55. The van der Waals surface area contributed by atoms with Crippen molar-refractivity contribution in [2.24, 2.45) is 7.05 Å². The van der Waals surface area contributed by atoms with Gasteiger partial charge in [0.05, 0.1) is 0 Å². The summed E-state index contributed by atoms with van der Waals surface area (Å²) in [7, 11) is -0.318. The summed E-state index contributed by atoms with van der Waals surface area (Å²) in [4.78, 5) is 12.0. The van der Waals surface area contributed by atoms with Gasteiger partial charge in [0.2, 0.25) is 5.91 Å². The fraction of sp³-hybridized carbons (Fsp3) is 0.438. The van der Waals surface area contributed by atoms with Crippen molar-refractivity contribution in [3.05, 3.63) is 36.0 Å². The van der Waals surface area contributed by atoms with Crippen LogP contribution in [0, 0.1) is 0 Å². The van der Waals surface area contributed by atoms with E-state index in [1.165, 1.54) is 7.05 Å². The lowest BCUT2D eigenvalue weighted by atomic mass is 10.1. The molecule has 2 aromatic rings. The molecular formula is C16H23N3O3S. The number of aromatic nitrogens is 1. The molecule has 1 amide bonds. The molecule has 1 aromatic carbocycles. The van der Waals surface area contributed by atoms with Gasteiger partial charge in [-0.3, -0.25) is 4.79 Å². The van der Waals surface area contributed by atoms with Crippen LogP contribution >= 0.6 is 0 Å². The largest absolute Gasteiger partial charge is 0.350 e. The highest BCUT2D eigenvalue weighted by atomic mass is 32.2. The molecule has 0 bridgehead atoms. The molecule has 0 unspecified atom stereocenters. The van der Waals surface area contributed by atoms with Crippen molar-refractivity contribution in [3.8, 4) is 0 Å². The molecule has 0 atom stereocenters. The Balaban J connectivity index is 2.01. The van der Waals surface area contributed by atoms with Crippen molar-refractivity contribution >= 4 is 27.0 Å². The third-order valence-corrected chi connectivity index (χ3v) is 5.28. The second kappa shape index (κ2) is 7.14. The van der Waals surface area contributed by atoms with Gasteiger partial charge in [0.1, 0.15) is 0 Å². The molecule has 126 valence electrons. The van der Waals surface area contributed by atoms with Crippen LogP contribution in [0.2, 0.25) is 0 Å². The van der Waals surface area contributed by atoms with Crippen molar-refractivity contribution in [2.75, 3.05) is 13.6 Å². The maximum Gasteiger partial charge on any atom is 0.303 e. The monoisotopic (exact) mass is 337 g/mol. The minimum absolute atomic E-state index is 0.132. The molecule has 1 N–H and O–H groups in total. The van der Waals surface area contributed by atoms with Gasteiger partial charge in [-0.25, -0.2) is 4.72 Å². The van der Waals surface area contributed by atoms with E-state index in [9.17, 15) is 13.2 Å². The van der Waals surface area contributed by atoms with Gasteiger partial charge >= 0.3 is 10.2 Å². The van der Waals surface area contributed by atoms with Crippen molar-refractivity contribution in [3.63, 3.8) is 0 Å². The molecule has 0 radical (unpaired) electrons. The van der Waals surface area contributed by atoms with Crippen molar-refractivity contribution in [2.45, 2.75) is 26.2 Å². The zero-order valence-electron chi connectivity index (χ0n) is 13.7. The van der Waals surface area contributed by atoms with E-state index >= 15 is 0 Å². The van der Waals surface area contributed by atoms with Gasteiger partial charge in [-0.1, -0.05) is 25.1 Å². The lowest BCUT2D eigenvalue weighted by molar-refractivity contribution is -0.119. The molecule has 0 aliphatic heterocycles. The summed E-state index contributed by atoms with van der Waals surface area (Å²) in [5.74, 6) is -0.485. The molecule has 0 spiro atoms. The Morgan fingerprint density at radius 1 is 1.30 bits per heavy atom. The van der Waals surface area contributed by atoms with Crippen LogP contribution in [0.1, 0.15) is 25.3 Å². The molecule has 1 aromatic heterocycles. The number of rotatable bonds is 7. The minimum Gasteiger partial charge on any atom is -0.350 e. The average Bonchev–Trinajstić information content (AvgIpc) is 2.82. The highest BCUT2D eigenvalue weighted by molar-refractivity contribution is 7.87. The summed E-state index contributed by atoms with van der Waals surface area (Å²) in [5, 5.41) is 1.09. The number of carbonyl (C=O) groups excluding carboxylic acids is 1. The maximum atomic E-state index is 12.0. The second-order valence-electron chi connectivity index (χ2n) is 5.63. The van der Waals surface area contributed by atoms with Crippen LogP contribution in [0.25, 0.3) is 10.9 Å². The first-order valence-corrected chi connectivity index (χ1v) is 9.09. The summed E-state index contributed by atoms with van der Waals surface area (Å²) in [5.41, 5.74) is 2.13. The summed E-state index contributed by atoms with van der Waals surface area (Å²) in [6, 6.07) is 7.95. The van der Waals surface area contributed by atoms with Crippen LogP contribution in [0.15, 0.2) is 30.5 Å². The number of amides is 1. The van der Waals surface area contributed by atoms with E-state index < -0.39 is 16.1 Å². The van der Waals surface area contributed by atoms with Crippen molar-refractivity contribution in [1.29, 1.82) is 0 Å². The number of hydrogen-bond donors (Lipinski definition) is 1. The zero-order chi connectivity index (χ0) is 17.0. The van der Waals surface area contributed by atoms with Crippen LogP contribution in [0.3, 0.4) is 0 Å².